The minimum Gasteiger partial charge on any atom is -0.458 e. The minimum atomic E-state index is -0.0970. The third-order valence-electron chi connectivity index (χ3n) is 19.8. The third-order valence-corrected chi connectivity index (χ3v) is 19.8. The Labute approximate surface area is 488 Å². The summed E-state index contributed by atoms with van der Waals surface area (Å²) in [5, 5.41) is 0. The highest BCUT2D eigenvalue weighted by Crippen LogP contribution is 2.52. The molecule has 0 aliphatic carbocycles. The van der Waals surface area contributed by atoms with Crippen LogP contribution in [0.3, 0.4) is 0 Å². The highest BCUT2D eigenvalue weighted by Gasteiger charge is 2.58. The Morgan fingerprint density at radius 1 is 0.277 bits per heavy atom. The SMILES string of the molecule is CC(C)c1cc(C(C)C)c(B2c3ccccc3Oc3cc4c(cc32)B2c3ccccc3N3c5ccccc5B5c6cc(-c7ccccc7)ccc6N6c7ccc(-c8ccccc8)cc7B7c8ccccc8N4c4c2c3c5c6c47)c(C(C)C)c1. The van der Waals surface area contributed by atoms with Gasteiger partial charge in [-0.3, -0.25) is 0 Å². The van der Waals surface area contributed by atoms with Crippen molar-refractivity contribution in [3.63, 3.8) is 0 Å². The quantitative estimate of drug-likeness (QED) is 0.155. The van der Waals surface area contributed by atoms with E-state index in [0.29, 0.717) is 17.8 Å². The molecular formula is C75H57B4N3O. The molecule has 0 atom stereocenters. The maximum atomic E-state index is 7.41. The summed E-state index contributed by atoms with van der Waals surface area (Å²) in [6.07, 6.45) is 0. The summed E-state index contributed by atoms with van der Waals surface area (Å²) in [4.78, 5) is 8.10. The number of para-hydroxylation sites is 4. The molecule has 8 heteroatoms. The van der Waals surface area contributed by atoms with Gasteiger partial charge in [-0.2, -0.15) is 0 Å². The van der Waals surface area contributed by atoms with Crippen LogP contribution in [0.2, 0.25) is 0 Å². The molecule has 0 amide bonds. The lowest BCUT2D eigenvalue weighted by Gasteiger charge is -2.55. The van der Waals surface area contributed by atoms with Crippen LogP contribution in [-0.4, -0.2) is 26.9 Å². The van der Waals surface area contributed by atoms with Gasteiger partial charge in [0.15, 0.2) is 0 Å². The first kappa shape index (κ1) is 47.5. The van der Waals surface area contributed by atoms with Crippen LogP contribution in [0.5, 0.6) is 11.5 Å². The van der Waals surface area contributed by atoms with Gasteiger partial charge in [0, 0.05) is 57.3 Å². The van der Waals surface area contributed by atoms with E-state index in [0.717, 1.165) is 11.5 Å². The number of rotatable bonds is 6. The summed E-state index contributed by atoms with van der Waals surface area (Å²) < 4.78 is 7.41. The lowest BCUT2D eigenvalue weighted by molar-refractivity contribution is 0.487. The first-order chi connectivity index (χ1) is 40.7. The van der Waals surface area contributed by atoms with Gasteiger partial charge in [0.2, 0.25) is 0 Å². The van der Waals surface area contributed by atoms with E-state index in [1.807, 2.05) is 0 Å². The highest BCUT2D eigenvalue weighted by atomic mass is 16.5. The number of fused-ring (bicyclic) bond motifs is 20. The van der Waals surface area contributed by atoms with Crippen LogP contribution in [0, 0.1) is 0 Å². The zero-order valence-corrected chi connectivity index (χ0v) is 47.6. The molecule has 0 unspecified atom stereocenters. The normalized spacial score (nSPS) is 14.4. The lowest BCUT2D eigenvalue weighted by Crippen LogP contribution is -2.75. The van der Waals surface area contributed by atoms with Gasteiger partial charge in [-0.25, -0.2) is 0 Å². The van der Waals surface area contributed by atoms with E-state index in [1.54, 1.807) is 0 Å². The van der Waals surface area contributed by atoms with Gasteiger partial charge >= 0.3 is 0 Å². The van der Waals surface area contributed by atoms with Gasteiger partial charge in [0.1, 0.15) is 11.5 Å². The van der Waals surface area contributed by atoms with Crippen molar-refractivity contribution in [2.45, 2.75) is 59.3 Å². The summed E-state index contributed by atoms with van der Waals surface area (Å²) in [7, 11) is 0. The molecule has 390 valence electrons. The van der Waals surface area contributed by atoms with E-state index in [9.17, 15) is 0 Å². The predicted octanol–water partition coefficient (Wildman–Crippen LogP) is 10.9. The smallest absolute Gasteiger partial charge is 0.252 e. The Morgan fingerprint density at radius 3 is 1.12 bits per heavy atom. The van der Waals surface area contributed by atoms with Crippen LogP contribution in [0.25, 0.3) is 22.3 Å². The largest absolute Gasteiger partial charge is 0.458 e. The summed E-state index contributed by atoms with van der Waals surface area (Å²) in [5.74, 6) is 2.90. The highest BCUT2D eigenvalue weighted by molar-refractivity contribution is 7.09. The monoisotopic (exact) mass is 1060 g/mol. The summed E-state index contributed by atoms with van der Waals surface area (Å²) in [6, 6.07) is 83.8. The molecule has 7 aliphatic rings. The average molecular weight is 1060 g/mol. The zero-order chi connectivity index (χ0) is 55.3. The number of anilines is 9. The van der Waals surface area contributed by atoms with Gasteiger partial charge in [-0.05, 0) is 153 Å². The molecule has 4 nitrogen and oxygen atoms in total. The fourth-order valence-electron chi connectivity index (χ4n) is 16.4. The number of nitrogens with zero attached hydrogens (tertiary/aromatic N) is 3. The van der Waals surface area contributed by atoms with Gasteiger partial charge in [-0.15, -0.1) is 0 Å². The van der Waals surface area contributed by atoms with E-state index >= 15 is 0 Å². The molecule has 0 bridgehead atoms. The molecule has 0 aromatic heterocycles. The molecule has 7 heterocycles. The van der Waals surface area contributed by atoms with E-state index in [1.165, 1.54) is 156 Å². The maximum absolute atomic E-state index is 7.41. The van der Waals surface area contributed by atoms with Crippen LogP contribution in [0.1, 0.15) is 76.0 Å². The third kappa shape index (κ3) is 6.31. The fraction of sp³-hybridized carbons (Fsp3) is 0.120. The van der Waals surface area contributed by atoms with Crippen LogP contribution < -0.4 is 85.0 Å². The number of hydrogen-bond donors (Lipinski definition) is 0. The molecule has 11 aromatic rings. The Hall–Kier alpha value is -9.12. The van der Waals surface area contributed by atoms with Crippen molar-refractivity contribution in [1.82, 2.24) is 0 Å². The van der Waals surface area contributed by atoms with Crippen molar-refractivity contribution in [1.29, 1.82) is 0 Å². The minimum absolute atomic E-state index is 0.0387. The molecule has 0 spiro atoms. The zero-order valence-electron chi connectivity index (χ0n) is 47.6. The van der Waals surface area contributed by atoms with Crippen LogP contribution in [0.4, 0.5) is 51.2 Å². The van der Waals surface area contributed by atoms with E-state index in [-0.39, 0.29) is 26.9 Å². The van der Waals surface area contributed by atoms with Crippen LogP contribution in [0.15, 0.2) is 218 Å². The Balaban J connectivity index is 0.992. The second-order valence-corrected chi connectivity index (χ2v) is 25.1. The Morgan fingerprint density at radius 2 is 0.663 bits per heavy atom. The van der Waals surface area contributed by atoms with E-state index in [2.05, 4.69) is 275 Å². The molecule has 0 radical (unpaired) electrons. The van der Waals surface area contributed by atoms with Gasteiger partial charge < -0.3 is 19.4 Å². The maximum Gasteiger partial charge on any atom is 0.252 e. The van der Waals surface area contributed by atoms with Gasteiger partial charge in [0.05, 0.1) is 0 Å². The Kier molecular flexibility index (Phi) is 9.86. The molecule has 0 fully saturated rings. The fourth-order valence-corrected chi connectivity index (χ4v) is 16.4. The first-order valence-electron chi connectivity index (χ1n) is 30.1. The average Bonchev–Trinajstić information content (AvgIpc) is 0.725. The molecule has 0 saturated carbocycles. The topological polar surface area (TPSA) is 19.0 Å². The molecule has 18 rings (SSSR count). The van der Waals surface area contributed by atoms with Crippen molar-refractivity contribution < 1.29 is 4.74 Å². The number of ether oxygens (including phenoxy) is 1. The second-order valence-electron chi connectivity index (χ2n) is 25.1. The lowest BCUT2D eigenvalue weighted by atomic mass is 9.24. The first-order valence-corrected chi connectivity index (χ1v) is 30.1. The van der Waals surface area contributed by atoms with Crippen molar-refractivity contribution in [3.05, 3.63) is 235 Å². The standard InChI is InChI=1S/C75H57B4N3O/c1-43(2)50-37-51(44(3)4)69(52(38-50)45(5)6)79-56-28-16-20-32-67(56)83-68-42-66-59(41-60(68)79)78-54-26-14-18-30-62(54)80-61-29-17-13-25-53(61)76-57-39-48(46-21-9-7-10-22-46)33-35-64(57)81-65-36-34-49(47-23-11-8-12-24-47)40-58(65)77-55-27-15-19-31-63(55)82(66)75-71(77)74(81)70(76)73(80)72(75)78/h7-45H,1-6H3. The van der Waals surface area contributed by atoms with Crippen molar-refractivity contribution in [3.8, 4) is 33.8 Å². The molecule has 7 aliphatic heterocycles. The van der Waals surface area contributed by atoms with Crippen LogP contribution >= 0.6 is 0 Å². The summed E-state index contributed by atoms with van der Waals surface area (Å²) in [6.45, 7) is 14.0. The van der Waals surface area contributed by atoms with Crippen molar-refractivity contribution >= 4 is 144 Å². The predicted molar refractivity (Wildman–Crippen MR) is 355 cm³/mol. The molecule has 0 N–H and O–H groups in total. The Bertz CT molecular complexity index is 4610. The van der Waals surface area contributed by atoms with Gasteiger partial charge in [-0.1, -0.05) is 223 Å². The second kappa shape index (κ2) is 17.2. The molecule has 0 saturated heterocycles. The molecule has 83 heavy (non-hydrogen) atoms. The van der Waals surface area contributed by atoms with E-state index in [4.69, 9.17) is 4.74 Å². The molecular weight excluding hydrogens is 1000 g/mol. The van der Waals surface area contributed by atoms with Crippen LogP contribution in [-0.2, 0) is 0 Å². The van der Waals surface area contributed by atoms with E-state index < -0.39 is 0 Å². The molecule has 11 aromatic carbocycles. The van der Waals surface area contributed by atoms with Gasteiger partial charge in [0.25, 0.3) is 26.9 Å². The van der Waals surface area contributed by atoms with Crippen molar-refractivity contribution in [2.75, 3.05) is 14.7 Å². The number of hydrogen-bond acceptors (Lipinski definition) is 4. The number of benzene rings is 11. The summed E-state index contributed by atoms with van der Waals surface area (Å²) in [5.41, 5.74) is 36.6. The van der Waals surface area contributed by atoms with Crippen molar-refractivity contribution in [2.24, 2.45) is 0 Å². The summed E-state index contributed by atoms with van der Waals surface area (Å²) >= 11 is 0.